The minimum atomic E-state index is 0.989. The van der Waals surface area contributed by atoms with E-state index in [1.54, 1.807) is 0 Å². The van der Waals surface area contributed by atoms with Crippen LogP contribution in [0.3, 0.4) is 0 Å². The van der Waals surface area contributed by atoms with Crippen molar-refractivity contribution < 1.29 is 0 Å². The van der Waals surface area contributed by atoms with Crippen molar-refractivity contribution in [3.63, 3.8) is 0 Å². The molecular formula is C14H34N2. The van der Waals surface area contributed by atoms with Crippen molar-refractivity contribution in [1.29, 1.82) is 0 Å². The molecule has 0 amide bonds. The fraction of sp³-hybridized carbons (Fsp3) is 1.00. The van der Waals surface area contributed by atoms with Crippen LogP contribution in [0.25, 0.3) is 0 Å². The highest BCUT2D eigenvalue weighted by Crippen LogP contribution is 2.19. The Bertz CT molecular complexity index is 116. The molecule has 100 valence electrons. The molecule has 0 aliphatic carbocycles. The number of nitrogens with zero attached hydrogens (tertiary/aromatic N) is 2. The van der Waals surface area contributed by atoms with E-state index in [9.17, 15) is 0 Å². The van der Waals surface area contributed by atoms with Gasteiger partial charge < -0.3 is 9.80 Å². The van der Waals surface area contributed by atoms with E-state index < -0.39 is 0 Å². The molecule has 0 N–H and O–H groups in total. The molecule has 0 saturated carbocycles. The first-order valence-electron chi connectivity index (χ1n) is 7.02. The Morgan fingerprint density at radius 1 is 1.00 bits per heavy atom. The molecule has 1 heterocycles. The maximum Gasteiger partial charge on any atom is -0.00191 e. The molecule has 0 atom stereocenters. The molecule has 1 rings (SSSR count). The van der Waals surface area contributed by atoms with Crippen molar-refractivity contribution >= 4 is 0 Å². The van der Waals surface area contributed by atoms with Gasteiger partial charge in [0.2, 0.25) is 0 Å². The second-order valence-electron chi connectivity index (χ2n) is 4.34. The van der Waals surface area contributed by atoms with Gasteiger partial charge in [0, 0.05) is 0 Å². The summed E-state index contributed by atoms with van der Waals surface area (Å²) in [4.78, 5) is 4.73. The number of hydrogen-bond acceptors (Lipinski definition) is 2. The van der Waals surface area contributed by atoms with Crippen molar-refractivity contribution in [1.82, 2.24) is 9.80 Å². The van der Waals surface area contributed by atoms with E-state index in [-0.39, 0.29) is 0 Å². The van der Waals surface area contributed by atoms with E-state index in [1.165, 1.54) is 38.9 Å². The summed E-state index contributed by atoms with van der Waals surface area (Å²) in [6.07, 6.45) is 4.20. The molecule has 1 aliphatic heterocycles. The lowest BCUT2D eigenvalue weighted by atomic mass is 9.94. The first-order valence-corrected chi connectivity index (χ1v) is 7.02. The summed E-state index contributed by atoms with van der Waals surface area (Å²) in [6.45, 7) is 11.9. The summed E-state index contributed by atoms with van der Waals surface area (Å²) in [7, 11) is 6.55. The minimum Gasteiger partial charge on any atom is -0.309 e. The molecule has 0 radical (unpaired) electrons. The summed E-state index contributed by atoms with van der Waals surface area (Å²) >= 11 is 0. The third kappa shape index (κ3) is 10.4. The first-order chi connectivity index (χ1) is 7.68. The Morgan fingerprint density at radius 2 is 1.44 bits per heavy atom. The summed E-state index contributed by atoms with van der Waals surface area (Å²) in [5.74, 6) is 0.989. The van der Waals surface area contributed by atoms with Crippen LogP contribution in [0.5, 0.6) is 0 Å². The SMILES string of the molecule is CC.CC.CN(C)CCC1CCN(C)CC1. The van der Waals surface area contributed by atoms with Gasteiger partial charge in [0.25, 0.3) is 0 Å². The van der Waals surface area contributed by atoms with E-state index in [0.717, 1.165) is 5.92 Å². The molecule has 1 fully saturated rings. The zero-order valence-corrected chi connectivity index (χ0v) is 12.7. The molecule has 0 aromatic heterocycles. The Morgan fingerprint density at radius 3 is 1.81 bits per heavy atom. The van der Waals surface area contributed by atoms with Gasteiger partial charge in [-0.25, -0.2) is 0 Å². The van der Waals surface area contributed by atoms with Gasteiger partial charge in [0.15, 0.2) is 0 Å². The van der Waals surface area contributed by atoms with Crippen LogP contribution in [-0.4, -0.2) is 50.6 Å². The van der Waals surface area contributed by atoms with E-state index >= 15 is 0 Å². The zero-order valence-electron chi connectivity index (χ0n) is 12.7. The van der Waals surface area contributed by atoms with Gasteiger partial charge in [-0.15, -0.1) is 0 Å². The highest BCUT2D eigenvalue weighted by atomic mass is 15.1. The predicted molar refractivity (Wildman–Crippen MR) is 76.1 cm³/mol. The lowest BCUT2D eigenvalue weighted by Gasteiger charge is -2.29. The van der Waals surface area contributed by atoms with E-state index in [4.69, 9.17) is 0 Å². The van der Waals surface area contributed by atoms with Crippen molar-refractivity contribution in [2.75, 3.05) is 40.8 Å². The highest BCUT2D eigenvalue weighted by molar-refractivity contribution is 4.70. The molecule has 1 aliphatic rings. The number of likely N-dealkylation sites (tertiary alicyclic amines) is 1. The molecule has 2 nitrogen and oxygen atoms in total. The van der Waals surface area contributed by atoms with Crippen molar-refractivity contribution in [3.8, 4) is 0 Å². The molecule has 0 aromatic carbocycles. The quantitative estimate of drug-likeness (QED) is 0.734. The Labute approximate surface area is 104 Å². The van der Waals surface area contributed by atoms with E-state index in [1.807, 2.05) is 27.7 Å². The molecule has 0 spiro atoms. The molecular weight excluding hydrogens is 196 g/mol. The average molecular weight is 230 g/mol. The monoisotopic (exact) mass is 230 g/mol. The second kappa shape index (κ2) is 13.0. The standard InChI is InChI=1S/C10H22N2.2C2H6/c1-11(2)7-4-10-5-8-12(3)9-6-10;2*1-2/h10H,4-9H2,1-3H3;2*1-2H3. The zero-order chi connectivity index (χ0) is 13.0. The summed E-state index contributed by atoms with van der Waals surface area (Å²) < 4.78 is 0. The van der Waals surface area contributed by atoms with Crippen LogP contribution < -0.4 is 0 Å². The summed E-state index contributed by atoms with van der Waals surface area (Å²) in [6, 6.07) is 0. The van der Waals surface area contributed by atoms with Gasteiger partial charge in [-0.3, -0.25) is 0 Å². The smallest absolute Gasteiger partial charge is 0.00191 e. The number of rotatable bonds is 3. The minimum absolute atomic E-state index is 0.989. The molecule has 16 heavy (non-hydrogen) atoms. The fourth-order valence-electron chi connectivity index (χ4n) is 1.79. The average Bonchev–Trinajstić information content (AvgIpc) is 2.33. The van der Waals surface area contributed by atoms with Crippen molar-refractivity contribution in [3.05, 3.63) is 0 Å². The van der Waals surface area contributed by atoms with Gasteiger partial charge in [-0.1, -0.05) is 27.7 Å². The fourth-order valence-corrected chi connectivity index (χ4v) is 1.79. The van der Waals surface area contributed by atoms with Gasteiger partial charge in [-0.05, 0) is 66.0 Å². The third-order valence-corrected chi connectivity index (χ3v) is 2.82. The lowest BCUT2D eigenvalue weighted by molar-refractivity contribution is 0.201. The Hall–Kier alpha value is -0.0800. The number of hydrogen-bond donors (Lipinski definition) is 0. The van der Waals surface area contributed by atoms with Crippen LogP contribution in [-0.2, 0) is 0 Å². The third-order valence-electron chi connectivity index (χ3n) is 2.82. The Balaban J connectivity index is 0. The van der Waals surface area contributed by atoms with Crippen LogP contribution in [0, 0.1) is 5.92 Å². The van der Waals surface area contributed by atoms with Gasteiger partial charge in [0.1, 0.15) is 0 Å². The second-order valence-corrected chi connectivity index (χ2v) is 4.34. The maximum atomic E-state index is 2.44. The van der Waals surface area contributed by atoms with E-state index in [0.29, 0.717) is 0 Å². The molecule has 0 bridgehead atoms. The van der Waals surface area contributed by atoms with Crippen LogP contribution in [0.1, 0.15) is 47.0 Å². The highest BCUT2D eigenvalue weighted by Gasteiger charge is 2.15. The Kier molecular flexibility index (Phi) is 14.8. The lowest BCUT2D eigenvalue weighted by Crippen LogP contribution is -2.31. The van der Waals surface area contributed by atoms with Gasteiger partial charge in [0.05, 0.1) is 0 Å². The maximum absolute atomic E-state index is 2.44. The van der Waals surface area contributed by atoms with Gasteiger partial charge >= 0.3 is 0 Å². The van der Waals surface area contributed by atoms with Crippen LogP contribution in [0.2, 0.25) is 0 Å². The normalized spacial score (nSPS) is 17.2. The summed E-state index contributed by atoms with van der Waals surface area (Å²) in [5.41, 5.74) is 0. The predicted octanol–water partition coefficient (Wildman–Crippen LogP) is 3.33. The molecule has 1 saturated heterocycles. The first kappa shape index (κ1) is 18.3. The van der Waals surface area contributed by atoms with Crippen LogP contribution in [0.15, 0.2) is 0 Å². The van der Waals surface area contributed by atoms with Crippen molar-refractivity contribution in [2.24, 2.45) is 5.92 Å². The number of piperidine rings is 1. The van der Waals surface area contributed by atoms with Crippen molar-refractivity contribution in [2.45, 2.75) is 47.0 Å². The van der Waals surface area contributed by atoms with Crippen LogP contribution in [0.4, 0.5) is 0 Å². The van der Waals surface area contributed by atoms with Gasteiger partial charge in [-0.2, -0.15) is 0 Å². The molecule has 2 heteroatoms. The molecule has 0 unspecified atom stereocenters. The van der Waals surface area contributed by atoms with E-state index in [2.05, 4.69) is 30.9 Å². The summed E-state index contributed by atoms with van der Waals surface area (Å²) in [5, 5.41) is 0. The largest absolute Gasteiger partial charge is 0.309 e. The molecule has 0 aromatic rings. The topological polar surface area (TPSA) is 6.48 Å². The van der Waals surface area contributed by atoms with Crippen LogP contribution >= 0.6 is 0 Å².